The summed E-state index contributed by atoms with van der Waals surface area (Å²) in [5, 5.41) is 15.4. The maximum Gasteiger partial charge on any atom is 0.573 e. The predicted molar refractivity (Wildman–Crippen MR) is 143 cm³/mol. The number of nitrogens with one attached hydrogen (secondary N) is 1. The number of allylic oxidation sites excluding steroid dienone is 1. The summed E-state index contributed by atoms with van der Waals surface area (Å²) in [4.78, 5) is 26.0. The first-order valence-corrected chi connectivity index (χ1v) is 13.4. The fourth-order valence-electron chi connectivity index (χ4n) is 5.40. The minimum absolute atomic E-state index is 0.0282. The predicted octanol–water partition coefficient (Wildman–Crippen LogP) is 7.33. The number of aliphatic carboxylic acids is 1. The van der Waals surface area contributed by atoms with Gasteiger partial charge in [0, 0.05) is 15.5 Å². The van der Waals surface area contributed by atoms with Gasteiger partial charge >= 0.3 is 12.3 Å². The highest BCUT2D eigenvalue weighted by molar-refractivity contribution is 7.17. The third kappa shape index (κ3) is 6.73. The molecule has 2 unspecified atom stereocenters. The number of carboxylic acid groups (broad SMARTS) is 1. The van der Waals surface area contributed by atoms with E-state index < -0.39 is 29.7 Å². The van der Waals surface area contributed by atoms with Crippen molar-refractivity contribution >= 4 is 33.3 Å². The normalized spacial score (nSPS) is 20.4. The Morgan fingerprint density at radius 3 is 2.56 bits per heavy atom. The number of hydrogen-bond donors (Lipinski definition) is 2. The number of thiophene rings is 1. The zero-order valence-corrected chi connectivity index (χ0v) is 22.5. The van der Waals surface area contributed by atoms with Crippen molar-refractivity contribution in [1.82, 2.24) is 5.32 Å². The van der Waals surface area contributed by atoms with Gasteiger partial charge < -0.3 is 19.9 Å². The van der Waals surface area contributed by atoms with Gasteiger partial charge in [-0.15, -0.1) is 24.5 Å². The zero-order chi connectivity index (χ0) is 28.4. The first-order chi connectivity index (χ1) is 18.4. The molecular formula is C29H30F3NO5S. The van der Waals surface area contributed by atoms with E-state index in [0.717, 1.165) is 23.1 Å². The van der Waals surface area contributed by atoms with Crippen molar-refractivity contribution in [3.8, 4) is 11.5 Å². The van der Waals surface area contributed by atoms with Crippen LogP contribution in [0, 0.1) is 11.3 Å². The van der Waals surface area contributed by atoms with Crippen LogP contribution < -0.4 is 14.8 Å². The van der Waals surface area contributed by atoms with Crippen LogP contribution in [0.15, 0.2) is 60.0 Å². The Morgan fingerprint density at radius 2 is 1.92 bits per heavy atom. The topological polar surface area (TPSA) is 84.9 Å². The van der Waals surface area contributed by atoms with E-state index in [9.17, 15) is 27.9 Å². The van der Waals surface area contributed by atoms with Crippen LogP contribution >= 0.6 is 11.3 Å². The Bertz CT molecular complexity index is 1370. The van der Waals surface area contributed by atoms with Gasteiger partial charge in [0.2, 0.25) is 0 Å². The summed E-state index contributed by atoms with van der Waals surface area (Å²) < 4.78 is 48.2. The van der Waals surface area contributed by atoms with E-state index in [1.165, 1.54) is 35.6 Å². The molecule has 6 nitrogen and oxygen atoms in total. The van der Waals surface area contributed by atoms with Crippen LogP contribution in [-0.2, 0) is 11.4 Å². The summed E-state index contributed by atoms with van der Waals surface area (Å²) in [6.45, 7) is 8.03. The molecule has 1 aliphatic carbocycles. The van der Waals surface area contributed by atoms with Gasteiger partial charge in [0.15, 0.2) is 0 Å². The van der Waals surface area contributed by atoms with E-state index in [1.54, 1.807) is 18.2 Å². The molecule has 1 aliphatic rings. The van der Waals surface area contributed by atoms with E-state index >= 15 is 0 Å². The van der Waals surface area contributed by atoms with Crippen LogP contribution in [0.2, 0.25) is 0 Å². The van der Waals surface area contributed by atoms with Crippen molar-refractivity contribution < 1.29 is 37.3 Å². The van der Waals surface area contributed by atoms with E-state index in [2.05, 4.69) is 23.6 Å². The Morgan fingerprint density at radius 1 is 1.21 bits per heavy atom. The van der Waals surface area contributed by atoms with Gasteiger partial charge in [-0.05, 0) is 66.5 Å². The summed E-state index contributed by atoms with van der Waals surface area (Å²) >= 11 is 1.46. The molecule has 3 aromatic rings. The Balaban J connectivity index is 1.58. The van der Waals surface area contributed by atoms with Gasteiger partial charge in [-0.3, -0.25) is 4.79 Å². The summed E-state index contributed by atoms with van der Waals surface area (Å²) in [6.07, 6.45) is -1.89. The molecule has 39 heavy (non-hydrogen) atoms. The van der Waals surface area contributed by atoms with Gasteiger partial charge in [-0.1, -0.05) is 44.6 Å². The fourth-order valence-corrected chi connectivity index (χ4v) is 6.19. The molecule has 2 N–H and O–H groups in total. The standard InChI is InChI=1S/C29H30F3NO5S/c1-4-18-13-17(2)14-28(3,15-18)25(27(35)36)33-26(34)22-9-10-23-21(11-12-39-23)24(22)37-16-19-5-7-20(8-6-19)38-29(30,31)32/h5-12,18,25H,2,4,13-16H2,1,3H3,(H,33,34)(H,35,36)/t18?,25?,28-/m1/s1. The molecule has 0 radical (unpaired) electrons. The molecule has 3 atom stereocenters. The molecule has 0 aliphatic heterocycles. The van der Waals surface area contributed by atoms with Crippen LogP contribution in [0.4, 0.5) is 13.2 Å². The second-order valence-electron chi connectivity index (χ2n) is 10.3. The lowest BCUT2D eigenvalue weighted by molar-refractivity contribution is -0.274. The number of carboxylic acids is 1. The second kappa shape index (κ2) is 11.3. The molecule has 2 aromatic carbocycles. The van der Waals surface area contributed by atoms with Gasteiger partial charge in [0.1, 0.15) is 24.1 Å². The number of carbonyl (C=O) groups excluding carboxylic acids is 1. The monoisotopic (exact) mass is 561 g/mol. The number of hydrogen-bond acceptors (Lipinski definition) is 5. The van der Waals surface area contributed by atoms with Crippen LogP contribution in [-0.4, -0.2) is 29.4 Å². The number of fused-ring (bicyclic) bond motifs is 1. The van der Waals surface area contributed by atoms with Crippen LogP contribution in [0.5, 0.6) is 11.5 Å². The van der Waals surface area contributed by atoms with Crippen LogP contribution in [0.1, 0.15) is 55.5 Å². The van der Waals surface area contributed by atoms with E-state index in [0.29, 0.717) is 29.7 Å². The number of carbonyl (C=O) groups is 2. The molecule has 10 heteroatoms. The van der Waals surface area contributed by atoms with Gasteiger partial charge in [0.25, 0.3) is 5.91 Å². The summed E-state index contributed by atoms with van der Waals surface area (Å²) in [7, 11) is 0. The first-order valence-electron chi connectivity index (χ1n) is 12.6. The molecule has 208 valence electrons. The molecule has 4 rings (SSSR count). The summed E-state index contributed by atoms with van der Waals surface area (Å²) in [5.41, 5.74) is 1.01. The summed E-state index contributed by atoms with van der Waals surface area (Å²) in [5.74, 6) is -1.48. The lowest BCUT2D eigenvalue weighted by Gasteiger charge is -2.43. The van der Waals surface area contributed by atoms with Crippen molar-refractivity contribution in [2.45, 2.75) is 58.5 Å². The van der Waals surface area contributed by atoms with Crippen molar-refractivity contribution in [2.24, 2.45) is 11.3 Å². The number of halogens is 3. The molecule has 1 saturated carbocycles. The zero-order valence-electron chi connectivity index (χ0n) is 21.6. The second-order valence-corrected chi connectivity index (χ2v) is 11.2. The molecular weight excluding hydrogens is 531 g/mol. The highest BCUT2D eigenvalue weighted by atomic mass is 32.1. The van der Waals surface area contributed by atoms with E-state index in [4.69, 9.17) is 4.74 Å². The SMILES string of the molecule is C=C1CC(CC)C[C@](C)(C(NC(=O)c2ccc3sccc3c2OCc2ccc(OC(F)(F)F)cc2)C(=O)O)C1. The molecule has 1 amide bonds. The highest BCUT2D eigenvalue weighted by Gasteiger charge is 2.44. The molecule has 0 spiro atoms. The molecule has 0 saturated heterocycles. The maximum atomic E-state index is 13.6. The first kappa shape index (κ1) is 28.5. The quantitative estimate of drug-likeness (QED) is 0.267. The van der Waals surface area contributed by atoms with Gasteiger partial charge in [-0.25, -0.2) is 4.79 Å². The average Bonchev–Trinajstić information content (AvgIpc) is 3.34. The number of benzene rings is 2. The largest absolute Gasteiger partial charge is 0.573 e. The highest BCUT2D eigenvalue weighted by Crippen LogP contribution is 2.45. The van der Waals surface area contributed by atoms with Crippen LogP contribution in [0.25, 0.3) is 10.1 Å². The Labute approximate surface area is 228 Å². The third-order valence-electron chi connectivity index (χ3n) is 7.15. The number of ether oxygens (including phenoxy) is 2. The van der Waals surface area contributed by atoms with Gasteiger partial charge in [0.05, 0.1) is 5.56 Å². The van der Waals surface area contributed by atoms with Crippen LogP contribution in [0.3, 0.4) is 0 Å². The number of alkyl halides is 3. The molecule has 1 heterocycles. The van der Waals surface area contributed by atoms with Crippen molar-refractivity contribution in [3.63, 3.8) is 0 Å². The minimum Gasteiger partial charge on any atom is -0.487 e. The lowest BCUT2D eigenvalue weighted by atomic mass is 9.64. The maximum absolute atomic E-state index is 13.6. The van der Waals surface area contributed by atoms with E-state index in [1.807, 2.05) is 12.3 Å². The molecule has 1 aromatic heterocycles. The van der Waals surface area contributed by atoms with Crippen molar-refractivity contribution in [1.29, 1.82) is 0 Å². The smallest absolute Gasteiger partial charge is 0.487 e. The number of amides is 1. The Hall–Kier alpha value is -3.53. The third-order valence-corrected chi connectivity index (χ3v) is 8.04. The van der Waals surface area contributed by atoms with Crippen molar-refractivity contribution in [2.75, 3.05) is 0 Å². The minimum atomic E-state index is -4.79. The molecule has 0 bridgehead atoms. The average molecular weight is 562 g/mol. The Kier molecular flexibility index (Phi) is 8.25. The van der Waals surface area contributed by atoms with E-state index in [-0.39, 0.29) is 23.7 Å². The molecule has 1 fully saturated rings. The fraction of sp³-hybridized carbons (Fsp3) is 0.379. The van der Waals surface area contributed by atoms with Gasteiger partial charge in [-0.2, -0.15) is 0 Å². The summed E-state index contributed by atoms with van der Waals surface area (Å²) in [6, 6.07) is 9.29. The number of rotatable bonds is 9. The van der Waals surface area contributed by atoms with Crippen molar-refractivity contribution in [3.05, 3.63) is 71.1 Å². The lowest BCUT2D eigenvalue weighted by Crippen LogP contribution is -2.53.